The van der Waals surface area contributed by atoms with Gasteiger partial charge in [0.15, 0.2) is 0 Å². The highest BCUT2D eigenvalue weighted by molar-refractivity contribution is 6.30. The van der Waals surface area contributed by atoms with Crippen LogP contribution in [0.2, 0.25) is 5.15 Å². The van der Waals surface area contributed by atoms with Gasteiger partial charge in [0, 0.05) is 18.7 Å². The number of esters is 1. The van der Waals surface area contributed by atoms with E-state index in [-0.39, 0.29) is 6.61 Å². The minimum atomic E-state index is -0.403. The number of halogens is 1. The van der Waals surface area contributed by atoms with Crippen LogP contribution in [0, 0.1) is 20.8 Å². The molecule has 22 heavy (non-hydrogen) atoms. The van der Waals surface area contributed by atoms with Crippen LogP contribution >= 0.6 is 11.6 Å². The fraction of sp³-hybridized carbons (Fsp3) is 0.294. The summed E-state index contributed by atoms with van der Waals surface area (Å²) in [4.78, 5) is 11.8. The monoisotopic (exact) mass is 318 g/mol. The summed E-state index contributed by atoms with van der Waals surface area (Å²) >= 11 is 6.10. The lowest BCUT2D eigenvalue weighted by Crippen LogP contribution is -2.01. The minimum absolute atomic E-state index is 0.120. The highest BCUT2D eigenvalue weighted by Crippen LogP contribution is 2.19. The molecule has 2 aromatic rings. The van der Waals surface area contributed by atoms with Gasteiger partial charge in [-0.05, 0) is 38.0 Å². The summed E-state index contributed by atoms with van der Waals surface area (Å²) in [7, 11) is 1.75. The molecule has 4 nitrogen and oxygen atoms in total. The molecular weight excluding hydrogens is 300 g/mol. The fourth-order valence-corrected chi connectivity index (χ4v) is 2.43. The van der Waals surface area contributed by atoms with E-state index in [4.69, 9.17) is 16.3 Å². The van der Waals surface area contributed by atoms with Crippen LogP contribution < -0.4 is 0 Å². The summed E-state index contributed by atoms with van der Waals surface area (Å²) in [5, 5.41) is 4.67. The van der Waals surface area contributed by atoms with Crippen molar-refractivity contribution in [2.75, 3.05) is 0 Å². The molecule has 0 fully saturated rings. The third kappa shape index (κ3) is 3.77. The zero-order valence-corrected chi connectivity index (χ0v) is 13.9. The van der Waals surface area contributed by atoms with Crippen molar-refractivity contribution in [1.82, 2.24) is 9.78 Å². The number of hydrogen-bond acceptors (Lipinski definition) is 3. The van der Waals surface area contributed by atoms with Crippen molar-refractivity contribution in [2.45, 2.75) is 27.4 Å². The predicted octanol–water partition coefficient (Wildman–Crippen LogP) is 3.76. The Morgan fingerprint density at radius 1 is 1.36 bits per heavy atom. The van der Waals surface area contributed by atoms with Crippen LogP contribution in [0.4, 0.5) is 0 Å². The van der Waals surface area contributed by atoms with Crippen molar-refractivity contribution in [2.24, 2.45) is 7.05 Å². The highest BCUT2D eigenvalue weighted by atomic mass is 35.5. The van der Waals surface area contributed by atoms with Crippen molar-refractivity contribution in [1.29, 1.82) is 0 Å². The van der Waals surface area contributed by atoms with Gasteiger partial charge < -0.3 is 4.74 Å². The molecule has 0 saturated carbocycles. The molecule has 5 heteroatoms. The van der Waals surface area contributed by atoms with Crippen LogP contribution in [0.25, 0.3) is 6.08 Å². The summed E-state index contributed by atoms with van der Waals surface area (Å²) in [5.41, 5.74) is 4.81. The molecular formula is C17H19ClN2O2. The van der Waals surface area contributed by atoms with Crippen molar-refractivity contribution >= 4 is 23.6 Å². The minimum Gasteiger partial charge on any atom is -0.457 e. The molecule has 0 aliphatic rings. The molecule has 1 aromatic carbocycles. The van der Waals surface area contributed by atoms with Gasteiger partial charge in [-0.15, -0.1) is 0 Å². The van der Waals surface area contributed by atoms with Crippen molar-refractivity contribution < 1.29 is 9.53 Å². The molecule has 0 bridgehead atoms. The Morgan fingerprint density at radius 2 is 2.09 bits per heavy atom. The molecule has 2 rings (SSSR count). The van der Waals surface area contributed by atoms with E-state index in [1.54, 1.807) is 17.8 Å². The third-order valence-electron chi connectivity index (χ3n) is 3.45. The summed E-state index contributed by atoms with van der Waals surface area (Å²) in [6, 6.07) is 6.07. The van der Waals surface area contributed by atoms with Gasteiger partial charge in [-0.25, -0.2) is 4.79 Å². The molecule has 0 aliphatic heterocycles. The molecule has 1 aromatic heterocycles. The average Bonchev–Trinajstić information content (AvgIpc) is 2.69. The van der Waals surface area contributed by atoms with Crippen molar-refractivity contribution in [3.05, 3.63) is 57.4 Å². The van der Waals surface area contributed by atoms with Gasteiger partial charge in [-0.1, -0.05) is 35.4 Å². The number of nitrogens with zero attached hydrogens (tertiary/aromatic N) is 2. The van der Waals surface area contributed by atoms with E-state index in [9.17, 15) is 4.79 Å². The largest absolute Gasteiger partial charge is 0.457 e. The first-order valence-electron chi connectivity index (χ1n) is 6.98. The standard InChI is InChI=1S/C17H19ClN2O2/c1-11-5-6-14(12(2)9-11)7-8-16(21)22-10-15-13(3)19-20(4)17(15)18/h5-9H,10H2,1-4H3/b8-7+. The third-order valence-corrected chi connectivity index (χ3v) is 3.93. The lowest BCUT2D eigenvalue weighted by molar-refractivity contribution is -0.138. The molecule has 0 N–H and O–H groups in total. The molecule has 0 aliphatic carbocycles. The first-order valence-corrected chi connectivity index (χ1v) is 7.36. The molecule has 116 valence electrons. The van der Waals surface area contributed by atoms with Gasteiger partial charge in [0.1, 0.15) is 11.8 Å². The van der Waals surface area contributed by atoms with E-state index in [0.29, 0.717) is 5.15 Å². The van der Waals surface area contributed by atoms with Crippen LogP contribution in [0.5, 0.6) is 0 Å². The Morgan fingerprint density at radius 3 is 2.68 bits per heavy atom. The predicted molar refractivity (Wildman–Crippen MR) is 87.7 cm³/mol. The summed E-state index contributed by atoms with van der Waals surface area (Å²) < 4.78 is 6.79. The second-order valence-corrected chi connectivity index (χ2v) is 5.64. The van der Waals surface area contributed by atoms with Crippen molar-refractivity contribution in [3.63, 3.8) is 0 Å². The van der Waals surface area contributed by atoms with Gasteiger partial charge in [-0.3, -0.25) is 4.68 Å². The number of rotatable bonds is 4. The molecule has 0 unspecified atom stereocenters. The Labute approximate surface area is 135 Å². The smallest absolute Gasteiger partial charge is 0.331 e. The van der Waals surface area contributed by atoms with Gasteiger partial charge >= 0.3 is 5.97 Å². The normalized spacial score (nSPS) is 11.1. The van der Waals surface area contributed by atoms with Crippen LogP contribution in [0.15, 0.2) is 24.3 Å². The number of benzene rings is 1. The molecule has 0 amide bonds. The number of aromatic nitrogens is 2. The van der Waals surface area contributed by atoms with Gasteiger partial charge in [0.05, 0.1) is 5.69 Å². The molecule has 0 radical (unpaired) electrons. The summed E-state index contributed by atoms with van der Waals surface area (Å²) in [6.07, 6.45) is 3.19. The summed E-state index contributed by atoms with van der Waals surface area (Å²) in [6.45, 7) is 6.00. The van der Waals surface area contributed by atoms with Gasteiger partial charge in [0.25, 0.3) is 0 Å². The van der Waals surface area contributed by atoms with Gasteiger partial charge in [0.2, 0.25) is 0 Å². The number of carbonyl (C=O) groups is 1. The van der Waals surface area contributed by atoms with Crippen LogP contribution in [-0.2, 0) is 23.2 Å². The maximum Gasteiger partial charge on any atom is 0.331 e. The average molecular weight is 319 g/mol. The first-order chi connectivity index (χ1) is 10.4. The van der Waals surface area contributed by atoms with E-state index >= 15 is 0 Å². The van der Waals surface area contributed by atoms with E-state index in [1.165, 1.54) is 11.6 Å². The number of aryl methyl sites for hydroxylation is 4. The quantitative estimate of drug-likeness (QED) is 0.637. The Bertz CT molecular complexity index is 733. The lowest BCUT2D eigenvalue weighted by Gasteiger charge is -2.03. The summed E-state index contributed by atoms with van der Waals surface area (Å²) in [5.74, 6) is -0.403. The molecule has 1 heterocycles. The highest BCUT2D eigenvalue weighted by Gasteiger charge is 2.12. The van der Waals surface area contributed by atoms with Crippen LogP contribution in [-0.4, -0.2) is 15.7 Å². The van der Waals surface area contributed by atoms with E-state index < -0.39 is 5.97 Å². The number of ether oxygens (including phenoxy) is 1. The fourth-order valence-electron chi connectivity index (χ4n) is 2.20. The first kappa shape index (κ1) is 16.3. The Kier molecular flexibility index (Phi) is 5.03. The molecule has 0 saturated heterocycles. The van der Waals surface area contributed by atoms with Crippen molar-refractivity contribution in [3.8, 4) is 0 Å². The molecule has 0 atom stereocenters. The number of hydrogen-bond donors (Lipinski definition) is 0. The second kappa shape index (κ2) is 6.79. The second-order valence-electron chi connectivity index (χ2n) is 5.28. The SMILES string of the molecule is Cc1ccc(/C=C/C(=O)OCc2c(C)nn(C)c2Cl)c(C)c1. The maximum absolute atomic E-state index is 11.8. The van der Waals surface area contributed by atoms with E-state index in [0.717, 1.165) is 22.4 Å². The van der Waals surface area contributed by atoms with Gasteiger partial charge in [-0.2, -0.15) is 5.10 Å². The topological polar surface area (TPSA) is 44.1 Å². The maximum atomic E-state index is 11.8. The van der Waals surface area contributed by atoms with Crippen LogP contribution in [0.3, 0.4) is 0 Å². The van der Waals surface area contributed by atoms with Crippen LogP contribution in [0.1, 0.15) is 27.9 Å². The Hall–Kier alpha value is -2.07. The lowest BCUT2D eigenvalue weighted by atomic mass is 10.1. The van der Waals surface area contributed by atoms with E-state index in [1.807, 2.05) is 32.9 Å². The number of carbonyl (C=O) groups excluding carboxylic acids is 1. The zero-order valence-electron chi connectivity index (χ0n) is 13.2. The Balaban J connectivity index is 1.99. The zero-order chi connectivity index (χ0) is 16.3. The van der Waals surface area contributed by atoms with E-state index in [2.05, 4.69) is 11.2 Å². The molecule has 0 spiro atoms.